The van der Waals surface area contributed by atoms with E-state index < -0.39 is 6.10 Å². The molecule has 0 aliphatic carbocycles. The minimum Gasteiger partial charge on any atom is -0.389 e. The van der Waals surface area contributed by atoms with Gasteiger partial charge in [-0.3, -0.25) is 0 Å². The summed E-state index contributed by atoms with van der Waals surface area (Å²) in [6, 6.07) is 0. The van der Waals surface area contributed by atoms with Crippen molar-refractivity contribution in [1.29, 1.82) is 0 Å². The standard InChI is InChI=1S/C14H26N2O3S/c1-11(8-18-3)6-15-7-13(17)9-19-5-4-14-12(2)16-10-20-14/h10-11,13,15,17H,4-9H2,1-3H3. The molecule has 0 aromatic carbocycles. The van der Waals surface area contributed by atoms with Gasteiger partial charge in [0.25, 0.3) is 0 Å². The molecule has 2 atom stereocenters. The van der Waals surface area contributed by atoms with Crippen LogP contribution in [0.5, 0.6) is 0 Å². The minimum absolute atomic E-state index is 0.365. The predicted octanol–water partition coefficient (Wildman–Crippen LogP) is 1.24. The average Bonchev–Trinajstić information content (AvgIpc) is 2.81. The first-order valence-corrected chi connectivity index (χ1v) is 7.85. The van der Waals surface area contributed by atoms with Crippen molar-refractivity contribution in [3.8, 4) is 0 Å². The van der Waals surface area contributed by atoms with E-state index in [0.717, 1.165) is 25.3 Å². The Labute approximate surface area is 125 Å². The molecule has 20 heavy (non-hydrogen) atoms. The highest BCUT2D eigenvalue weighted by Crippen LogP contribution is 2.12. The number of nitrogens with one attached hydrogen (secondary N) is 1. The molecule has 5 nitrogen and oxygen atoms in total. The summed E-state index contributed by atoms with van der Waals surface area (Å²) in [6.45, 7) is 7.22. The molecule has 0 saturated carbocycles. The molecule has 2 unspecified atom stereocenters. The van der Waals surface area contributed by atoms with E-state index in [-0.39, 0.29) is 0 Å². The van der Waals surface area contributed by atoms with E-state index >= 15 is 0 Å². The highest BCUT2D eigenvalue weighted by atomic mass is 32.1. The second kappa shape index (κ2) is 10.2. The fourth-order valence-corrected chi connectivity index (χ4v) is 2.61. The highest BCUT2D eigenvalue weighted by molar-refractivity contribution is 7.09. The van der Waals surface area contributed by atoms with Gasteiger partial charge >= 0.3 is 0 Å². The number of hydrogen-bond acceptors (Lipinski definition) is 6. The zero-order chi connectivity index (χ0) is 14.8. The van der Waals surface area contributed by atoms with Crippen molar-refractivity contribution >= 4 is 11.3 Å². The lowest BCUT2D eigenvalue weighted by Crippen LogP contribution is -2.34. The van der Waals surface area contributed by atoms with Crippen molar-refractivity contribution in [2.75, 3.05) is 40.0 Å². The van der Waals surface area contributed by atoms with E-state index in [0.29, 0.717) is 25.7 Å². The van der Waals surface area contributed by atoms with Crippen molar-refractivity contribution in [1.82, 2.24) is 10.3 Å². The van der Waals surface area contributed by atoms with Crippen molar-refractivity contribution in [2.45, 2.75) is 26.4 Å². The molecule has 0 aliphatic heterocycles. The lowest BCUT2D eigenvalue weighted by atomic mass is 10.2. The summed E-state index contributed by atoms with van der Waals surface area (Å²) in [4.78, 5) is 5.45. The Hall–Kier alpha value is -0.530. The molecule has 0 amide bonds. The van der Waals surface area contributed by atoms with Gasteiger partial charge in [-0.2, -0.15) is 0 Å². The summed E-state index contributed by atoms with van der Waals surface area (Å²) < 4.78 is 10.5. The second-order valence-electron chi connectivity index (χ2n) is 5.06. The van der Waals surface area contributed by atoms with E-state index in [1.54, 1.807) is 18.4 Å². The number of methoxy groups -OCH3 is 1. The lowest BCUT2D eigenvalue weighted by molar-refractivity contribution is 0.0376. The lowest BCUT2D eigenvalue weighted by Gasteiger charge is -2.15. The van der Waals surface area contributed by atoms with Crippen molar-refractivity contribution in [2.24, 2.45) is 5.92 Å². The predicted molar refractivity (Wildman–Crippen MR) is 81.3 cm³/mol. The zero-order valence-corrected chi connectivity index (χ0v) is 13.4. The van der Waals surface area contributed by atoms with Crippen molar-refractivity contribution in [3.05, 3.63) is 16.1 Å². The molecule has 0 spiro atoms. The number of aryl methyl sites for hydroxylation is 1. The van der Waals surface area contributed by atoms with Gasteiger partial charge in [-0.1, -0.05) is 6.92 Å². The van der Waals surface area contributed by atoms with Crippen LogP contribution in [0.4, 0.5) is 0 Å². The van der Waals surface area contributed by atoms with Crippen LogP contribution in [0, 0.1) is 12.8 Å². The molecule has 2 N–H and O–H groups in total. The molecule has 1 rings (SSSR count). The third-order valence-electron chi connectivity index (χ3n) is 2.95. The molecule has 1 heterocycles. The highest BCUT2D eigenvalue weighted by Gasteiger charge is 2.07. The van der Waals surface area contributed by atoms with Crippen molar-refractivity contribution in [3.63, 3.8) is 0 Å². The van der Waals surface area contributed by atoms with Crippen molar-refractivity contribution < 1.29 is 14.6 Å². The SMILES string of the molecule is COCC(C)CNCC(O)COCCc1scnc1C. The van der Waals surface area contributed by atoms with Crippen LogP contribution in [-0.4, -0.2) is 56.2 Å². The number of nitrogens with zero attached hydrogens (tertiary/aromatic N) is 1. The summed E-state index contributed by atoms with van der Waals surface area (Å²) in [5, 5.41) is 13.0. The average molecular weight is 302 g/mol. The van der Waals surface area contributed by atoms with Crippen LogP contribution in [0.1, 0.15) is 17.5 Å². The van der Waals surface area contributed by atoms with Crippen LogP contribution < -0.4 is 5.32 Å². The van der Waals surface area contributed by atoms with Crippen LogP contribution in [0.25, 0.3) is 0 Å². The maximum Gasteiger partial charge on any atom is 0.0897 e. The zero-order valence-electron chi connectivity index (χ0n) is 12.6. The topological polar surface area (TPSA) is 63.6 Å². The first-order chi connectivity index (χ1) is 9.63. The molecule has 0 bridgehead atoms. The number of rotatable bonds is 11. The van der Waals surface area contributed by atoms with Gasteiger partial charge in [-0.15, -0.1) is 11.3 Å². The summed E-state index contributed by atoms with van der Waals surface area (Å²) in [5.74, 6) is 0.447. The fourth-order valence-electron chi connectivity index (χ4n) is 1.85. The molecule has 0 aliphatic rings. The maximum atomic E-state index is 9.78. The largest absolute Gasteiger partial charge is 0.389 e. The van der Waals surface area contributed by atoms with E-state index in [4.69, 9.17) is 9.47 Å². The summed E-state index contributed by atoms with van der Waals surface area (Å²) >= 11 is 1.65. The third-order valence-corrected chi connectivity index (χ3v) is 3.95. The molecule has 6 heteroatoms. The van der Waals surface area contributed by atoms with Gasteiger partial charge in [0.2, 0.25) is 0 Å². The van der Waals surface area contributed by atoms with E-state index in [1.165, 1.54) is 4.88 Å². The number of aromatic nitrogens is 1. The monoisotopic (exact) mass is 302 g/mol. The third kappa shape index (κ3) is 7.31. The Bertz CT molecular complexity index is 360. The van der Waals surface area contributed by atoms with Crippen LogP contribution in [0.15, 0.2) is 5.51 Å². The molecule has 1 aromatic heterocycles. The van der Waals surface area contributed by atoms with Gasteiger partial charge < -0.3 is 19.9 Å². The molecule has 116 valence electrons. The van der Waals surface area contributed by atoms with Crippen LogP contribution >= 0.6 is 11.3 Å². The first kappa shape index (κ1) is 17.5. The Balaban J connectivity index is 2.00. The molecule has 1 aromatic rings. The number of hydrogen-bond donors (Lipinski definition) is 2. The van der Waals surface area contributed by atoms with Crippen LogP contribution in [-0.2, 0) is 15.9 Å². The Kier molecular flexibility index (Phi) is 8.97. The molecule has 0 radical (unpaired) electrons. The number of aliphatic hydroxyl groups is 1. The van der Waals surface area contributed by atoms with Gasteiger partial charge in [0.1, 0.15) is 0 Å². The summed E-state index contributed by atoms with van der Waals surface area (Å²) in [5.41, 5.74) is 2.93. The normalized spacial score (nSPS) is 14.4. The van der Waals surface area contributed by atoms with E-state index in [1.807, 2.05) is 12.4 Å². The van der Waals surface area contributed by atoms with Crippen LogP contribution in [0.3, 0.4) is 0 Å². The van der Waals surface area contributed by atoms with Crippen LogP contribution in [0.2, 0.25) is 0 Å². The van der Waals surface area contributed by atoms with E-state index in [2.05, 4.69) is 17.2 Å². The maximum absolute atomic E-state index is 9.78. The Morgan fingerprint density at radius 2 is 2.20 bits per heavy atom. The Morgan fingerprint density at radius 1 is 1.40 bits per heavy atom. The van der Waals surface area contributed by atoms with Gasteiger partial charge in [-0.25, -0.2) is 4.98 Å². The summed E-state index contributed by atoms with van der Waals surface area (Å²) in [6.07, 6.45) is 0.397. The van der Waals surface area contributed by atoms with Gasteiger partial charge in [0.15, 0.2) is 0 Å². The number of thiazole rings is 1. The van der Waals surface area contributed by atoms with Gasteiger partial charge in [0, 0.05) is 31.6 Å². The molecular weight excluding hydrogens is 276 g/mol. The second-order valence-corrected chi connectivity index (χ2v) is 6.00. The smallest absolute Gasteiger partial charge is 0.0897 e. The molecular formula is C14H26N2O3S. The Morgan fingerprint density at radius 3 is 2.85 bits per heavy atom. The fraction of sp³-hybridized carbons (Fsp3) is 0.786. The quantitative estimate of drug-likeness (QED) is 0.602. The van der Waals surface area contributed by atoms with Gasteiger partial charge in [-0.05, 0) is 19.4 Å². The molecule has 0 saturated heterocycles. The molecule has 0 fully saturated rings. The minimum atomic E-state index is -0.465. The first-order valence-electron chi connectivity index (χ1n) is 6.98. The number of aliphatic hydroxyl groups excluding tert-OH is 1. The number of ether oxygens (including phenoxy) is 2. The summed E-state index contributed by atoms with van der Waals surface area (Å²) in [7, 11) is 1.70. The van der Waals surface area contributed by atoms with E-state index in [9.17, 15) is 5.11 Å². The van der Waals surface area contributed by atoms with Gasteiger partial charge in [0.05, 0.1) is 30.5 Å².